The van der Waals surface area contributed by atoms with Crippen molar-refractivity contribution in [2.75, 3.05) is 36.9 Å². The van der Waals surface area contributed by atoms with E-state index in [0.717, 1.165) is 17.3 Å². The highest BCUT2D eigenvalue weighted by atomic mass is 32.2. The molecule has 4 rings (SSSR count). The van der Waals surface area contributed by atoms with E-state index >= 15 is 0 Å². The summed E-state index contributed by atoms with van der Waals surface area (Å²) in [6.45, 7) is 0. The first-order chi connectivity index (χ1) is 16.5. The number of anilines is 1. The van der Waals surface area contributed by atoms with Crippen LogP contribution >= 0.6 is 11.8 Å². The van der Waals surface area contributed by atoms with Gasteiger partial charge >= 0.3 is 5.88 Å². The fraction of sp³-hybridized carbons (Fsp3) is 0.174. The number of ether oxygens (including phenoxy) is 1. The Balaban J connectivity index is 1.60. The summed E-state index contributed by atoms with van der Waals surface area (Å²) in [5, 5.41) is 18.2. The molecule has 1 aliphatic rings. The normalized spacial score (nSPS) is 15.1. The molecule has 1 aromatic heterocycles. The third-order valence-electron chi connectivity index (χ3n) is 4.69. The van der Waals surface area contributed by atoms with Crippen LogP contribution in [0.5, 0.6) is 5.75 Å². The summed E-state index contributed by atoms with van der Waals surface area (Å²) in [5.41, 5.74) is 1.61. The molecule has 174 valence electrons. The summed E-state index contributed by atoms with van der Waals surface area (Å²) >= 11 is 1.12. The third kappa shape index (κ3) is 5.09. The van der Waals surface area contributed by atoms with Gasteiger partial charge < -0.3 is 9.84 Å². The van der Waals surface area contributed by atoms with Crippen molar-refractivity contribution in [3.63, 3.8) is 0 Å². The second-order valence-corrected chi connectivity index (χ2v) is 8.19. The largest absolute Gasteiger partial charge is 0.861 e. The molecule has 0 saturated carbocycles. The van der Waals surface area contributed by atoms with Gasteiger partial charge in [-0.2, -0.15) is 5.01 Å². The number of methoxy groups -OCH3 is 1. The van der Waals surface area contributed by atoms with Crippen LogP contribution in [0.4, 0.5) is 11.6 Å². The summed E-state index contributed by atoms with van der Waals surface area (Å²) in [7, 11) is 5.11. The fourth-order valence-electron chi connectivity index (χ4n) is 3.08. The van der Waals surface area contributed by atoms with Gasteiger partial charge in [-0.15, -0.1) is 0 Å². The smallest absolute Gasteiger partial charge is 0.324 e. The highest BCUT2D eigenvalue weighted by molar-refractivity contribution is 8.14. The van der Waals surface area contributed by atoms with E-state index in [-0.39, 0.29) is 23.2 Å². The van der Waals surface area contributed by atoms with Gasteiger partial charge in [0.15, 0.2) is 5.17 Å². The molecule has 0 unspecified atom stereocenters. The van der Waals surface area contributed by atoms with Crippen LogP contribution < -0.4 is 24.5 Å². The first kappa shape index (κ1) is 23.1. The zero-order valence-corrected chi connectivity index (χ0v) is 19.6. The molecule has 0 aliphatic carbocycles. The van der Waals surface area contributed by atoms with Crippen LogP contribution in [0.15, 0.2) is 81.0 Å². The molecular weight excluding hydrogens is 456 g/mol. The standard InChI is InChI=1S/C23H22N6O4S/c1-27(2)28-14-21(33-26-28)25-20(30)15-34-23-24-18(13-16-9-7-8-12-19(16)32-3)22(31)29(23)17-10-5-4-6-11-17/h4-14H,15H2,1-3H3/b18-13+. The molecule has 3 aromatic rings. The van der Waals surface area contributed by atoms with Gasteiger partial charge in [-0.05, 0) is 30.2 Å². The number of nitrogens with zero attached hydrogens (tertiary/aromatic N) is 6. The average molecular weight is 479 g/mol. The first-order valence-corrected chi connectivity index (χ1v) is 11.2. The van der Waals surface area contributed by atoms with Crippen LogP contribution in [-0.4, -0.2) is 49.2 Å². The Labute approximate surface area is 200 Å². The van der Waals surface area contributed by atoms with Crippen molar-refractivity contribution in [3.8, 4) is 5.75 Å². The monoisotopic (exact) mass is 478 g/mol. The number of thioether (sulfide) groups is 1. The number of rotatable bonds is 7. The lowest BCUT2D eigenvalue weighted by atomic mass is 10.1. The summed E-state index contributed by atoms with van der Waals surface area (Å²) in [6, 6.07) is 16.5. The molecule has 10 nitrogen and oxygen atoms in total. The van der Waals surface area contributed by atoms with Gasteiger partial charge in [0.1, 0.15) is 11.4 Å². The van der Waals surface area contributed by atoms with Gasteiger partial charge in [0.2, 0.25) is 5.27 Å². The van der Waals surface area contributed by atoms with Crippen LogP contribution in [0.3, 0.4) is 0 Å². The van der Waals surface area contributed by atoms with Crippen molar-refractivity contribution in [2.24, 2.45) is 9.98 Å². The lowest BCUT2D eigenvalue weighted by Gasteiger charge is -2.18. The molecule has 0 N–H and O–H groups in total. The van der Waals surface area contributed by atoms with E-state index in [0.29, 0.717) is 16.6 Å². The summed E-state index contributed by atoms with van der Waals surface area (Å²) in [5.74, 6) is -0.0783. The minimum atomic E-state index is -0.447. The Morgan fingerprint density at radius 3 is 2.68 bits per heavy atom. The Bertz CT molecular complexity index is 1270. The lowest BCUT2D eigenvalue weighted by molar-refractivity contribution is -0.753. The van der Waals surface area contributed by atoms with Crippen molar-refractivity contribution in [1.82, 2.24) is 5.27 Å². The van der Waals surface area contributed by atoms with Crippen LogP contribution in [0, 0.1) is 0 Å². The number of aliphatic imine (C=N–C) groups is 2. The van der Waals surface area contributed by atoms with Crippen molar-refractivity contribution >= 4 is 46.4 Å². The highest BCUT2D eigenvalue weighted by Crippen LogP contribution is 2.30. The number of carbonyl (C=O) groups excluding carboxylic acids is 1. The molecule has 0 radical (unpaired) electrons. The van der Waals surface area contributed by atoms with Gasteiger partial charge in [0.25, 0.3) is 12.1 Å². The quantitative estimate of drug-likeness (QED) is 0.220. The highest BCUT2D eigenvalue weighted by Gasteiger charge is 2.32. The third-order valence-corrected chi connectivity index (χ3v) is 5.61. The Hall–Kier alpha value is -4.12. The van der Waals surface area contributed by atoms with E-state index in [1.807, 2.05) is 42.5 Å². The second kappa shape index (κ2) is 10.2. The van der Waals surface area contributed by atoms with Gasteiger partial charge in [-0.3, -0.25) is 14.2 Å². The van der Waals surface area contributed by atoms with Crippen LogP contribution in [0.2, 0.25) is 0 Å². The molecule has 2 heterocycles. The number of aromatic nitrogens is 2. The van der Waals surface area contributed by atoms with E-state index in [9.17, 15) is 9.90 Å². The minimum absolute atomic E-state index is 0.0416. The number of carbonyl (C=O) groups is 1. The number of hydrogen-bond donors (Lipinski definition) is 0. The van der Waals surface area contributed by atoms with Crippen molar-refractivity contribution in [2.45, 2.75) is 0 Å². The first-order valence-electron chi connectivity index (χ1n) is 10.2. The average Bonchev–Trinajstić information content (AvgIpc) is 3.43. The Morgan fingerprint density at radius 2 is 1.97 bits per heavy atom. The van der Waals surface area contributed by atoms with Crippen LogP contribution in [0.1, 0.15) is 5.56 Å². The molecule has 2 aromatic carbocycles. The van der Waals surface area contributed by atoms with Crippen LogP contribution in [0.25, 0.3) is 6.08 Å². The topological polar surface area (TPSA) is 110 Å². The van der Waals surface area contributed by atoms with Gasteiger partial charge in [0.05, 0.1) is 31.7 Å². The maximum Gasteiger partial charge on any atom is 0.324 e. The summed E-state index contributed by atoms with van der Waals surface area (Å²) in [4.78, 5) is 24.6. The summed E-state index contributed by atoms with van der Waals surface area (Å²) in [6.07, 6.45) is 3.16. The van der Waals surface area contributed by atoms with Gasteiger partial charge in [-0.1, -0.05) is 48.2 Å². The number of para-hydroxylation sites is 2. The molecule has 1 aliphatic heterocycles. The molecule has 0 saturated heterocycles. The molecule has 0 spiro atoms. The van der Waals surface area contributed by atoms with E-state index in [1.165, 1.54) is 15.9 Å². The second-order valence-electron chi connectivity index (χ2n) is 7.24. The molecule has 34 heavy (non-hydrogen) atoms. The molecule has 11 heteroatoms. The van der Waals surface area contributed by atoms with Gasteiger partial charge in [-0.25, -0.2) is 9.98 Å². The number of benzene rings is 2. The Kier molecular flexibility index (Phi) is 6.93. The molecule has 1 amide bonds. The maximum absolute atomic E-state index is 13.3. The predicted molar refractivity (Wildman–Crippen MR) is 129 cm³/mol. The van der Waals surface area contributed by atoms with E-state index in [1.54, 1.807) is 44.4 Å². The van der Waals surface area contributed by atoms with E-state index in [2.05, 4.69) is 15.3 Å². The van der Waals surface area contributed by atoms with Gasteiger partial charge in [0, 0.05) is 11.3 Å². The minimum Gasteiger partial charge on any atom is -0.861 e. The van der Waals surface area contributed by atoms with Crippen molar-refractivity contribution in [3.05, 3.63) is 72.1 Å². The maximum atomic E-state index is 13.3. The molecule has 0 fully saturated rings. The lowest BCUT2D eigenvalue weighted by Crippen LogP contribution is -2.53. The van der Waals surface area contributed by atoms with Crippen molar-refractivity contribution in [1.29, 1.82) is 0 Å². The zero-order valence-electron chi connectivity index (χ0n) is 18.8. The van der Waals surface area contributed by atoms with E-state index in [4.69, 9.17) is 9.26 Å². The predicted octanol–water partition coefficient (Wildman–Crippen LogP) is 1.74. The molecule has 0 bridgehead atoms. The Morgan fingerprint density at radius 1 is 1.24 bits per heavy atom. The number of amides is 1. The molecule has 0 atom stereocenters. The van der Waals surface area contributed by atoms with E-state index < -0.39 is 5.90 Å². The van der Waals surface area contributed by atoms with Crippen molar-refractivity contribution < 1.29 is 24.0 Å². The molecular formula is C23H22N6O4S. The fourth-order valence-corrected chi connectivity index (χ4v) is 3.88. The van der Waals surface area contributed by atoms with Crippen LogP contribution in [-0.2, 0) is 4.79 Å². The zero-order chi connectivity index (χ0) is 24.1. The SMILES string of the molecule is COc1ccccc1/C=C1/N=C(SC/C([O-])=N\c2c[n+](N(C)C)no2)N(c2ccccc2)C1=O. The summed E-state index contributed by atoms with van der Waals surface area (Å²) < 4.78 is 10.4. The number of amidine groups is 1. The number of hydrogen-bond acceptors (Lipinski definition) is 9.